The summed E-state index contributed by atoms with van der Waals surface area (Å²) in [6.07, 6.45) is 5.86. The van der Waals surface area contributed by atoms with Crippen LogP contribution in [-0.4, -0.2) is 37.6 Å². The third-order valence-corrected chi connectivity index (χ3v) is 4.58. The first-order valence-corrected chi connectivity index (χ1v) is 7.19. The fourth-order valence-corrected chi connectivity index (χ4v) is 3.19. The van der Waals surface area contributed by atoms with E-state index in [1.54, 1.807) is 0 Å². The molecule has 2 nitrogen and oxygen atoms in total. The lowest BCUT2D eigenvalue weighted by Gasteiger charge is -2.17. The van der Waals surface area contributed by atoms with Gasteiger partial charge in [0, 0.05) is 26.2 Å². The molecule has 16 heavy (non-hydrogen) atoms. The van der Waals surface area contributed by atoms with Gasteiger partial charge in [-0.2, -0.15) is 0 Å². The van der Waals surface area contributed by atoms with Crippen molar-refractivity contribution in [3.05, 3.63) is 0 Å². The third-order valence-electron chi connectivity index (χ3n) is 4.58. The van der Waals surface area contributed by atoms with Gasteiger partial charge in [-0.1, -0.05) is 26.7 Å². The second-order valence-electron chi connectivity index (χ2n) is 6.07. The van der Waals surface area contributed by atoms with Gasteiger partial charge in [-0.3, -0.25) is 0 Å². The topological polar surface area (TPSA) is 15.3 Å². The minimum Gasteiger partial charge on any atom is -0.315 e. The Morgan fingerprint density at radius 3 is 2.31 bits per heavy atom. The molecule has 0 amide bonds. The van der Waals surface area contributed by atoms with E-state index in [0.29, 0.717) is 0 Å². The van der Waals surface area contributed by atoms with E-state index in [4.69, 9.17) is 0 Å². The molecule has 94 valence electrons. The van der Waals surface area contributed by atoms with Crippen LogP contribution in [0.25, 0.3) is 0 Å². The van der Waals surface area contributed by atoms with Gasteiger partial charge >= 0.3 is 0 Å². The molecular formula is C14H28N2. The van der Waals surface area contributed by atoms with Gasteiger partial charge in [0.05, 0.1) is 0 Å². The summed E-state index contributed by atoms with van der Waals surface area (Å²) in [5.74, 6) is 2.78. The number of nitrogens with one attached hydrogen (secondary N) is 1. The lowest BCUT2D eigenvalue weighted by molar-refractivity contribution is 0.317. The molecule has 1 aliphatic heterocycles. The lowest BCUT2D eigenvalue weighted by atomic mass is 10.0. The molecule has 0 aromatic rings. The predicted octanol–water partition coefficient (Wildman–Crippen LogP) is 2.35. The van der Waals surface area contributed by atoms with Gasteiger partial charge in [-0.05, 0) is 37.1 Å². The first-order chi connectivity index (χ1) is 7.75. The van der Waals surface area contributed by atoms with Crippen molar-refractivity contribution in [3.8, 4) is 0 Å². The molecule has 1 aliphatic carbocycles. The van der Waals surface area contributed by atoms with Crippen LogP contribution < -0.4 is 5.32 Å². The highest BCUT2D eigenvalue weighted by molar-refractivity contribution is 4.79. The Morgan fingerprint density at radius 1 is 1.06 bits per heavy atom. The number of hydrogen-bond acceptors (Lipinski definition) is 2. The van der Waals surface area contributed by atoms with Crippen molar-refractivity contribution in [2.45, 2.75) is 39.5 Å². The van der Waals surface area contributed by atoms with Crippen molar-refractivity contribution < 1.29 is 0 Å². The highest BCUT2D eigenvalue weighted by Gasteiger charge is 2.25. The molecule has 0 spiro atoms. The molecule has 0 aromatic carbocycles. The Bertz CT molecular complexity index is 189. The largest absolute Gasteiger partial charge is 0.315 e. The summed E-state index contributed by atoms with van der Waals surface area (Å²) >= 11 is 0. The zero-order valence-electron chi connectivity index (χ0n) is 11.0. The van der Waals surface area contributed by atoms with Crippen molar-refractivity contribution in [2.24, 2.45) is 17.8 Å². The summed E-state index contributed by atoms with van der Waals surface area (Å²) in [5.41, 5.74) is 0. The summed E-state index contributed by atoms with van der Waals surface area (Å²) < 4.78 is 0. The van der Waals surface area contributed by atoms with Crippen LogP contribution in [0.2, 0.25) is 0 Å². The molecule has 0 radical (unpaired) electrons. The van der Waals surface area contributed by atoms with E-state index in [9.17, 15) is 0 Å². The second-order valence-corrected chi connectivity index (χ2v) is 6.07. The van der Waals surface area contributed by atoms with Gasteiger partial charge in [0.15, 0.2) is 0 Å². The first kappa shape index (κ1) is 12.4. The van der Waals surface area contributed by atoms with Crippen LogP contribution in [0.3, 0.4) is 0 Å². The van der Waals surface area contributed by atoms with Gasteiger partial charge in [0.25, 0.3) is 0 Å². The van der Waals surface area contributed by atoms with Crippen LogP contribution >= 0.6 is 0 Å². The minimum atomic E-state index is 0.898. The SMILES string of the molecule is CC1CN(CCNCC2CCCC2)CC1C. The molecule has 2 unspecified atom stereocenters. The van der Waals surface area contributed by atoms with Gasteiger partial charge in [-0.25, -0.2) is 0 Å². The van der Waals surface area contributed by atoms with E-state index < -0.39 is 0 Å². The maximum Gasteiger partial charge on any atom is 0.0107 e. The van der Waals surface area contributed by atoms with Crippen molar-refractivity contribution in [1.82, 2.24) is 10.2 Å². The van der Waals surface area contributed by atoms with E-state index >= 15 is 0 Å². The van der Waals surface area contributed by atoms with Gasteiger partial charge < -0.3 is 10.2 Å². The Morgan fingerprint density at radius 2 is 1.69 bits per heavy atom. The molecule has 0 bridgehead atoms. The Labute approximate surface area is 101 Å². The van der Waals surface area contributed by atoms with Crippen LogP contribution in [0.5, 0.6) is 0 Å². The predicted molar refractivity (Wildman–Crippen MR) is 69.6 cm³/mol. The number of likely N-dealkylation sites (tertiary alicyclic amines) is 1. The minimum absolute atomic E-state index is 0.898. The maximum absolute atomic E-state index is 3.64. The summed E-state index contributed by atoms with van der Waals surface area (Å²) in [7, 11) is 0. The molecule has 1 saturated carbocycles. The summed E-state index contributed by atoms with van der Waals surface area (Å²) in [6, 6.07) is 0. The second kappa shape index (κ2) is 6.02. The zero-order chi connectivity index (χ0) is 11.4. The molecule has 1 N–H and O–H groups in total. The molecule has 2 fully saturated rings. The van der Waals surface area contributed by atoms with Crippen LogP contribution in [-0.2, 0) is 0 Å². The number of hydrogen-bond donors (Lipinski definition) is 1. The fourth-order valence-electron chi connectivity index (χ4n) is 3.19. The fraction of sp³-hybridized carbons (Fsp3) is 1.00. The highest BCUT2D eigenvalue weighted by atomic mass is 15.2. The highest BCUT2D eigenvalue weighted by Crippen LogP contribution is 2.24. The molecule has 2 rings (SSSR count). The molecular weight excluding hydrogens is 196 g/mol. The zero-order valence-corrected chi connectivity index (χ0v) is 11.0. The van der Waals surface area contributed by atoms with Gasteiger partial charge in [-0.15, -0.1) is 0 Å². The Hall–Kier alpha value is -0.0800. The molecule has 0 aromatic heterocycles. The van der Waals surface area contributed by atoms with E-state index in [1.165, 1.54) is 58.4 Å². The van der Waals surface area contributed by atoms with Crippen molar-refractivity contribution >= 4 is 0 Å². The van der Waals surface area contributed by atoms with Crippen LogP contribution in [0.1, 0.15) is 39.5 Å². The van der Waals surface area contributed by atoms with Gasteiger partial charge in [0.2, 0.25) is 0 Å². The lowest BCUT2D eigenvalue weighted by Crippen LogP contribution is -2.32. The monoisotopic (exact) mass is 224 g/mol. The Balaban J connectivity index is 1.51. The third kappa shape index (κ3) is 3.46. The Kier molecular flexibility index (Phi) is 4.66. The van der Waals surface area contributed by atoms with Crippen LogP contribution in [0.4, 0.5) is 0 Å². The number of nitrogens with zero attached hydrogens (tertiary/aromatic N) is 1. The average molecular weight is 224 g/mol. The molecule has 2 aliphatic rings. The van der Waals surface area contributed by atoms with Crippen molar-refractivity contribution in [3.63, 3.8) is 0 Å². The molecule has 1 saturated heterocycles. The van der Waals surface area contributed by atoms with E-state index in [0.717, 1.165) is 17.8 Å². The summed E-state index contributed by atoms with van der Waals surface area (Å²) in [5, 5.41) is 3.64. The van der Waals surface area contributed by atoms with Crippen LogP contribution in [0.15, 0.2) is 0 Å². The van der Waals surface area contributed by atoms with E-state index in [-0.39, 0.29) is 0 Å². The van der Waals surface area contributed by atoms with E-state index in [2.05, 4.69) is 24.1 Å². The van der Waals surface area contributed by atoms with Crippen LogP contribution in [0, 0.1) is 17.8 Å². The van der Waals surface area contributed by atoms with E-state index in [1.807, 2.05) is 0 Å². The summed E-state index contributed by atoms with van der Waals surface area (Å²) in [4.78, 5) is 2.62. The smallest absolute Gasteiger partial charge is 0.0107 e. The molecule has 2 heteroatoms. The maximum atomic E-state index is 3.64. The molecule has 2 atom stereocenters. The quantitative estimate of drug-likeness (QED) is 0.721. The molecule has 1 heterocycles. The normalized spacial score (nSPS) is 32.6. The average Bonchev–Trinajstić information content (AvgIpc) is 2.85. The van der Waals surface area contributed by atoms with Crippen molar-refractivity contribution in [1.29, 1.82) is 0 Å². The standard InChI is InChI=1S/C14H28N2/c1-12-10-16(11-13(12)2)8-7-15-9-14-5-3-4-6-14/h12-15H,3-11H2,1-2H3. The summed E-state index contributed by atoms with van der Waals surface area (Å²) in [6.45, 7) is 11.1. The number of rotatable bonds is 5. The first-order valence-electron chi connectivity index (χ1n) is 7.19. The van der Waals surface area contributed by atoms with Crippen molar-refractivity contribution in [2.75, 3.05) is 32.7 Å². The van der Waals surface area contributed by atoms with Gasteiger partial charge in [0.1, 0.15) is 0 Å².